The second-order valence-electron chi connectivity index (χ2n) is 3.72. The van der Waals surface area contributed by atoms with E-state index in [2.05, 4.69) is 0 Å². The second-order valence-corrected chi connectivity index (χ2v) is 6.80. The average molecular weight is 404 g/mol. The van der Waals surface area contributed by atoms with Crippen molar-refractivity contribution in [3.63, 3.8) is 0 Å². The molecular weight excluding hydrogens is 389 g/mol. The Bertz CT molecular complexity index is 466. The Balaban J connectivity index is 0.000000411. The first-order valence-electron chi connectivity index (χ1n) is 5.01. The number of benzene rings is 1. The first kappa shape index (κ1) is 17.8. The standard InChI is InChI=1S/C8H6ClIO2.C3H9NOS/c1-4-5(8(11)12)2-3-6(9)7(4)10;1-3(2)6(4)5/h2-3H,1H3,(H,11,12);3H,4H2,1-2H3. The van der Waals surface area contributed by atoms with Gasteiger partial charge >= 0.3 is 5.97 Å². The van der Waals surface area contributed by atoms with E-state index in [1.807, 2.05) is 36.4 Å². The van der Waals surface area contributed by atoms with E-state index >= 15 is 0 Å². The number of hydrogen-bond acceptors (Lipinski definition) is 2. The van der Waals surface area contributed by atoms with Crippen molar-refractivity contribution in [1.29, 1.82) is 0 Å². The van der Waals surface area contributed by atoms with Crippen LogP contribution in [0.25, 0.3) is 0 Å². The fourth-order valence-electron chi connectivity index (χ4n) is 0.884. The van der Waals surface area contributed by atoms with Gasteiger partial charge < -0.3 is 5.11 Å². The van der Waals surface area contributed by atoms with Gasteiger partial charge in [-0.1, -0.05) is 11.6 Å². The van der Waals surface area contributed by atoms with Gasteiger partial charge in [-0.05, 0) is 61.1 Å². The molecule has 1 aromatic carbocycles. The summed E-state index contributed by atoms with van der Waals surface area (Å²) in [6.45, 7) is 5.38. The number of rotatable bonds is 2. The molecule has 0 radical (unpaired) electrons. The number of carboxylic acids is 1. The monoisotopic (exact) mass is 403 g/mol. The molecule has 0 saturated heterocycles. The lowest BCUT2D eigenvalue weighted by molar-refractivity contribution is 0.0696. The first-order valence-corrected chi connectivity index (χ1v) is 7.74. The summed E-state index contributed by atoms with van der Waals surface area (Å²) in [7, 11) is -1.12. The van der Waals surface area contributed by atoms with Crippen LogP contribution in [0.5, 0.6) is 0 Å². The molecule has 1 atom stereocenters. The van der Waals surface area contributed by atoms with Gasteiger partial charge in [0.15, 0.2) is 0 Å². The number of nitrogens with two attached hydrogens (primary N) is 1. The zero-order valence-electron chi connectivity index (χ0n) is 10.2. The summed E-state index contributed by atoms with van der Waals surface area (Å²) in [5.74, 6) is -0.915. The van der Waals surface area contributed by atoms with E-state index in [-0.39, 0.29) is 5.25 Å². The van der Waals surface area contributed by atoms with Crippen molar-refractivity contribution in [3.8, 4) is 0 Å². The minimum Gasteiger partial charge on any atom is -0.478 e. The zero-order chi connectivity index (χ0) is 14.5. The van der Waals surface area contributed by atoms with Crippen molar-refractivity contribution in [3.05, 3.63) is 31.9 Å². The molecule has 1 unspecified atom stereocenters. The van der Waals surface area contributed by atoms with Crippen LogP contribution in [0, 0.1) is 10.5 Å². The molecule has 0 bridgehead atoms. The highest BCUT2D eigenvalue weighted by Crippen LogP contribution is 2.24. The molecule has 0 fully saturated rings. The lowest BCUT2D eigenvalue weighted by Crippen LogP contribution is -2.13. The molecule has 4 nitrogen and oxygen atoms in total. The van der Waals surface area contributed by atoms with Crippen LogP contribution in [-0.2, 0) is 11.0 Å². The van der Waals surface area contributed by atoms with Crippen molar-refractivity contribution in [1.82, 2.24) is 0 Å². The smallest absolute Gasteiger partial charge is 0.335 e. The molecule has 102 valence electrons. The number of hydrogen-bond donors (Lipinski definition) is 2. The molecule has 0 heterocycles. The third-order valence-corrected chi connectivity index (χ3v) is 4.99. The summed E-state index contributed by atoms with van der Waals surface area (Å²) in [4.78, 5) is 10.6. The lowest BCUT2D eigenvalue weighted by Gasteiger charge is -2.04. The van der Waals surface area contributed by atoms with Gasteiger partial charge in [-0.2, -0.15) is 0 Å². The van der Waals surface area contributed by atoms with Gasteiger partial charge in [0.1, 0.15) is 0 Å². The van der Waals surface area contributed by atoms with Gasteiger partial charge in [0.2, 0.25) is 0 Å². The van der Waals surface area contributed by atoms with Gasteiger partial charge in [-0.25, -0.2) is 9.00 Å². The highest BCUT2D eigenvalue weighted by atomic mass is 127. The molecule has 7 heteroatoms. The highest BCUT2D eigenvalue weighted by molar-refractivity contribution is 14.1. The van der Waals surface area contributed by atoms with Crippen LogP contribution < -0.4 is 5.14 Å². The molecule has 1 rings (SSSR count). The predicted molar refractivity (Wildman–Crippen MR) is 83.3 cm³/mol. The van der Waals surface area contributed by atoms with Gasteiger partial charge in [-0.3, -0.25) is 5.14 Å². The third kappa shape index (κ3) is 5.64. The van der Waals surface area contributed by atoms with Crippen molar-refractivity contribution in [2.75, 3.05) is 0 Å². The van der Waals surface area contributed by atoms with Crippen molar-refractivity contribution < 1.29 is 14.1 Å². The Labute approximate surface area is 128 Å². The molecule has 0 amide bonds. The minimum atomic E-state index is -1.12. The molecule has 0 spiro atoms. The predicted octanol–water partition coefficient (Wildman–Crippen LogP) is 2.97. The highest BCUT2D eigenvalue weighted by Gasteiger charge is 2.10. The quantitative estimate of drug-likeness (QED) is 0.745. The normalized spacial score (nSPS) is 11.7. The van der Waals surface area contributed by atoms with Crippen LogP contribution in [-0.4, -0.2) is 20.5 Å². The minimum absolute atomic E-state index is 0.102. The Hall–Kier alpha value is -0.180. The Morgan fingerprint density at radius 2 is 1.94 bits per heavy atom. The molecule has 0 aromatic heterocycles. The Kier molecular flexibility index (Phi) is 8.00. The molecule has 0 aliphatic carbocycles. The fraction of sp³-hybridized carbons (Fsp3) is 0.364. The summed E-state index contributed by atoms with van der Waals surface area (Å²) in [6, 6.07) is 3.11. The van der Waals surface area contributed by atoms with Crippen LogP contribution in [0.3, 0.4) is 0 Å². The van der Waals surface area contributed by atoms with E-state index in [1.165, 1.54) is 6.07 Å². The summed E-state index contributed by atoms with van der Waals surface area (Å²) in [6.07, 6.45) is 0. The fourth-order valence-corrected chi connectivity index (χ4v) is 1.56. The van der Waals surface area contributed by atoms with Gasteiger partial charge in [0.05, 0.1) is 21.6 Å². The van der Waals surface area contributed by atoms with E-state index in [0.717, 1.165) is 9.13 Å². The molecule has 1 aromatic rings. The van der Waals surface area contributed by atoms with Crippen LogP contribution in [0.15, 0.2) is 12.1 Å². The maximum atomic E-state index is 10.6. The maximum absolute atomic E-state index is 10.6. The number of aromatic carboxylic acids is 1. The van der Waals surface area contributed by atoms with Crippen molar-refractivity contribution in [2.45, 2.75) is 26.0 Å². The van der Waals surface area contributed by atoms with E-state index in [9.17, 15) is 9.00 Å². The number of carboxylic acid groups (broad SMARTS) is 1. The SMILES string of the molecule is CC(C)S(N)=O.Cc1c(C(=O)O)ccc(Cl)c1I. The van der Waals surface area contributed by atoms with Gasteiger partial charge in [-0.15, -0.1) is 0 Å². The van der Waals surface area contributed by atoms with Crippen LogP contribution >= 0.6 is 34.2 Å². The van der Waals surface area contributed by atoms with Gasteiger partial charge in [0, 0.05) is 8.82 Å². The van der Waals surface area contributed by atoms with Crippen LogP contribution in [0.2, 0.25) is 5.02 Å². The topological polar surface area (TPSA) is 80.4 Å². The van der Waals surface area contributed by atoms with Crippen LogP contribution in [0.1, 0.15) is 29.8 Å². The molecule has 0 aliphatic heterocycles. The Morgan fingerprint density at radius 3 is 2.28 bits per heavy atom. The lowest BCUT2D eigenvalue weighted by atomic mass is 10.1. The summed E-state index contributed by atoms with van der Waals surface area (Å²) < 4.78 is 10.8. The maximum Gasteiger partial charge on any atom is 0.335 e. The largest absolute Gasteiger partial charge is 0.478 e. The van der Waals surface area contributed by atoms with Crippen molar-refractivity contribution >= 4 is 51.1 Å². The first-order chi connectivity index (χ1) is 8.18. The van der Waals surface area contributed by atoms with E-state index in [0.29, 0.717) is 10.6 Å². The Morgan fingerprint density at radius 1 is 1.50 bits per heavy atom. The van der Waals surface area contributed by atoms with Crippen LogP contribution in [0.4, 0.5) is 0 Å². The summed E-state index contributed by atoms with van der Waals surface area (Å²) >= 11 is 7.82. The zero-order valence-corrected chi connectivity index (χ0v) is 14.0. The van der Waals surface area contributed by atoms with E-state index in [1.54, 1.807) is 13.0 Å². The van der Waals surface area contributed by atoms with Gasteiger partial charge in [0.25, 0.3) is 0 Å². The molecule has 3 N–H and O–H groups in total. The van der Waals surface area contributed by atoms with E-state index < -0.39 is 17.0 Å². The second kappa shape index (κ2) is 8.08. The number of carbonyl (C=O) groups is 1. The van der Waals surface area contributed by atoms with Crippen molar-refractivity contribution in [2.24, 2.45) is 5.14 Å². The summed E-state index contributed by atoms with van der Waals surface area (Å²) in [5.41, 5.74) is 1.03. The molecule has 0 aliphatic rings. The molecular formula is C11H15ClINO3S. The number of halogens is 2. The summed E-state index contributed by atoms with van der Waals surface area (Å²) in [5, 5.41) is 14.3. The average Bonchev–Trinajstić information content (AvgIpc) is 2.26. The molecule has 18 heavy (non-hydrogen) atoms. The molecule has 0 saturated carbocycles. The third-order valence-electron chi connectivity index (χ3n) is 2.03. The van der Waals surface area contributed by atoms with E-state index in [4.69, 9.17) is 21.8 Å².